The minimum Gasteiger partial charge on any atom is -0.334 e. The second-order valence-electron chi connectivity index (χ2n) is 11.9. The SMILES string of the molecule is CCN1CC[C@@H](c2ccc(-c3cc4c(c(C(F)F)c3)CN([C@@H](C(=O)Nc3nccs3)c3ncn5c3CCC5)C4=O)cc2)[C@H](F)C1. The van der Waals surface area contributed by atoms with E-state index < -0.39 is 30.5 Å². The summed E-state index contributed by atoms with van der Waals surface area (Å²) in [7, 11) is 0. The highest BCUT2D eigenvalue weighted by molar-refractivity contribution is 7.13. The molecule has 2 aromatic carbocycles. The number of halogens is 3. The lowest BCUT2D eigenvalue weighted by Crippen LogP contribution is -2.40. The van der Waals surface area contributed by atoms with Crippen LogP contribution in [0.15, 0.2) is 54.3 Å². The third kappa shape index (κ3) is 5.43. The molecule has 2 aromatic heterocycles. The average Bonchev–Trinajstić information content (AvgIpc) is 3.85. The first-order valence-electron chi connectivity index (χ1n) is 15.3. The van der Waals surface area contributed by atoms with Gasteiger partial charge in [0, 0.05) is 53.9 Å². The largest absolute Gasteiger partial charge is 0.334 e. The van der Waals surface area contributed by atoms with Crippen LogP contribution in [-0.2, 0) is 24.3 Å². The van der Waals surface area contributed by atoms with E-state index in [-0.39, 0.29) is 29.2 Å². The molecule has 0 bridgehead atoms. The molecule has 1 fully saturated rings. The van der Waals surface area contributed by atoms with Crippen molar-refractivity contribution in [2.24, 2.45) is 0 Å². The zero-order chi connectivity index (χ0) is 31.2. The number of anilines is 1. The third-order valence-corrected chi connectivity index (χ3v) is 10.0. The van der Waals surface area contributed by atoms with Gasteiger partial charge in [-0.05, 0) is 66.7 Å². The predicted octanol–water partition coefficient (Wildman–Crippen LogP) is 6.37. The van der Waals surface area contributed by atoms with Gasteiger partial charge in [-0.1, -0.05) is 31.2 Å². The molecule has 12 heteroatoms. The number of aryl methyl sites for hydroxylation is 1. The Morgan fingerprint density at radius 1 is 1.13 bits per heavy atom. The fourth-order valence-corrected chi connectivity index (χ4v) is 7.52. The van der Waals surface area contributed by atoms with Crippen LogP contribution in [0.3, 0.4) is 0 Å². The third-order valence-electron chi connectivity index (χ3n) is 9.36. The lowest BCUT2D eigenvalue weighted by atomic mass is 9.86. The summed E-state index contributed by atoms with van der Waals surface area (Å²) in [4.78, 5) is 39.9. The van der Waals surface area contributed by atoms with Crippen LogP contribution < -0.4 is 5.32 Å². The Morgan fingerprint density at radius 3 is 2.67 bits per heavy atom. The first-order valence-corrected chi connectivity index (χ1v) is 16.2. The number of nitrogens with one attached hydrogen (secondary N) is 1. The Bertz CT molecular complexity index is 1720. The number of alkyl halides is 3. The Kier molecular flexibility index (Phi) is 7.95. The number of piperidine rings is 1. The number of likely N-dealkylation sites (tertiary alicyclic amines) is 1. The summed E-state index contributed by atoms with van der Waals surface area (Å²) in [6.45, 7) is 4.68. The molecule has 5 heterocycles. The molecular formula is C33H33F3N6O2S. The Labute approximate surface area is 262 Å². The quantitative estimate of drug-likeness (QED) is 0.244. The molecule has 3 aliphatic heterocycles. The number of amides is 2. The fourth-order valence-electron chi connectivity index (χ4n) is 6.99. The number of benzene rings is 2. The van der Waals surface area contributed by atoms with Crippen LogP contribution in [0.2, 0.25) is 0 Å². The topological polar surface area (TPSA) is 83.4 Å². The zero-order valence-electron chi connectivity index (χ0n) is 24.8. The first-order chi connectivity index (χ1) is 21.8. The molecule has 7 rings (SSSR count). The van der Waals surface area contributed by atoms with Crippen molar-refractivity contribution in [2.45, 2.75) is 63.8 Å². The number of nitrogens with zero attached hydrogens (tertiary/aromatic N) is 5. The van der Waals surface area contributed by atoms with Crippen molar-refractivity contribution in [3.05, 3.63) is 87.9 Å². The van der Waals surface area contributed by atoms with Gasteiger partial charge < -0.3 is 14.4 Å². The molecule has 0 saturated carbocycles. The maximum atomic E-state index is 15.0. The molecule has 0 unspecified atom stereocenters. The van der Waals surface area contributed by atoms with Crippen LogP contribution in [0, 0.1) is 0 Å². The van der Waals surface area contributed by atoms with E-state index >= 15 is 0 Å². The number of thiazole rings is 1. The van der Waals surface area contributed by atoms with Gasteiger partial charge in [-0.25, -0.2) is 23.1 Å². The van der Waals surface area contributed by atoms with Crippen LogP contribution in [0.4, 0.5) is 18.3 Å². The maximum absolute atomic E-state index is 15.0. The molecule has 45 heavy (non-hydrogen) atoms. The van der Waals surface area contributed by atoms with Crippen molar-refractivity contribution in [3.8, 4) is 11.1 Å². The van der Waals surface area contributed by atoms with E-state index in [2.05, 4.69) is 20.2 Å². The van der Waals surface area contributed by atoms with E-state index in [1.54, 1.807) is 36.1 Å². The molecule has 8 nitrogen and oxygen atoms in total. The summed E-state index contributed by atoms with van der Waals surface area (Å²) in [5.74, 6) is -1.22. The van der Waals surface area contributed by atoms with Crippen molar-refractivity contribution in [1.82, 2.24) is 24.3 Å². The highest BCUT2D eigenvalue weighted by Crippen LogP contribution is 2.41. The van der Waals surface area contributed by atoms with Gasteiger partial charge in [0.15, 0.2) is 11.2 Å². The van der Waals surface area contributed by atoms with E-state index in [0.29, 0.717) is 41.3 Å². The Balaban J connectivity index is 1.21. The zero-order valence-corrected chi connectivity index (χ0v) is 25.6. The highest BCUT2D eigenvalue weighted by Gasteiger charge is 2.42. The summed E-state index contributed by atoms with van der Waals surface area (Å²) >= 11 is 1.24. The van der Waals surface area contributed by atoms with Crippen LogP contribution >= 0.6 is 11.3 Å². The average molecular weight is 635 g/mol. The molecule has 1 N–H and O–H groups in total. The van der Waals surface area contributed by atoms with Crippen LogP contribution in [-0.4, -0.2) is 62.0 Å². The fraction of sp³-hybridized carbons (Fsp3) is 0.394. The number of carbonyl (C=O) groups excluding carboxylic acids is 2. The smallest absolute Gasteiger partial charge is 0.264 e. The van der Waals surface area contributed by atoms with Gasteiger partial charge in [-0.15, -0.1) is 11.3 Å². The van der Waals surface area contributed by atoms with Crippen LogP contribution in [0.25, 0.3) is 11.1 Å². The number of hydrogen-bond acceptors (Lipinski definition) is 6. The van der Waals surface area contributed by atoms with Gasteiger partial charge in [-0.2, -0.15) is 0 Å². The van der Waals surface area contributed by atoms with Gasteiger partial charge in [0.25, 0.3) is 18.2 Å². The summed E-state index contributed by atoms with van der Waals surface area (Å²) in [6, 6.07) is 9.26. The standard InChI is InChI=1S/C33H33F3N6O2S/c1-2-40-12-9-22(26(34)17-40)20-7-5-19(6-8-20)21-14-23(30(35)36)25-16-42(32(44)24(25)15-21)29(31(43)39-33-37-10-13-45-33)28-27-4-3-11-41(27)18-38-28/h5-8,10,13-15,18,22,26,29-30H,2-4,9,11-12,16-17H2,1H3,(H,37,39,43)/t22-,26+,29+/m0/s1. The molecule has 0 spiro atoms. The molecule has 234 valence electrons. The number of rotatable bonds is 8. The number of imidazole rings is 1. The maximum Gasteiger partial charge on any atom is 0.264 e. The van der Waals surface area contributed by atoms with Gasteiger partial charge in [0.05, 0.1) is 12.0 Å². The number of aromatic nitrogens is 3. The molecule has 0 radical (unpaired) electrons. The number of hydrogen-bond donors (Lipinski definition) is 1. The Morgan fingerprint density at radius 2 is 1.96 bits per heavy atom. The van der Waals surface area contributed by atoms with Crippen LogP contribution in [0.5, 0.6) is 0 Å². The monoisotopic (exact) mass is 634 g/mol. The van der Waals surface area contributed by atoms with Crippen molar-refractivity contribution in [2.75, 3.05) is 25.0 Å². The molecule has 3 atom stereocenters. The van der Waals surface area contributed by atoms with E-state index in [9.17, 15) is 22.8 Å². The summed E-state index contributed by atoms with van der Waals surface area (Å²) in [6.07, 6.45) is 1.73. The lowest BCUT2D eigenvalue weighted by molar-refractivity contribution is -0.121. The molecule has 3 aliphatic rings. The molecule has 2 amide bonds. The normalized spacial score (nSPS) is 20.5. The summed E-state index contributed by atoms with van der Waals surface area (Å²) < 4.78 is 46.1. The van der Waals surface area contributed by atoms with Crippen molar-refractivity contribution in [1.29, 1.82) is 0 Å². The lowest BCUT2D eigenvalue weighted by Gasteiger charge is -2.34. The molecule has 1 saturated heterocycles. The van der Waals surface area contributed by atoms with E-state index in [1.165, 1.54) is 22.3 Å². The van der Waals surface area contributed by atoms with Gasteiger partial charge in [0.2, 0.25) is 0 Å². The highest BCUT2D eigenvalue weighted by atomic mass is 32.1. The molecule has 4 aromatic rings. The summed E-state index contributed by atoms with van der Waals surface area (Å²) in [5.41, 5.74) is 3.42. The second kappa shape index (κ2) is 12.1. The second-order valence-corrected chi connectivity index (χ2v) is 12.7. The van der Waals surface area contributed by atoms with Crippen molar-refractivity contribution < 1.29 is 22.8 Å². The minimum atomic E-state index is -2.83. The van der Waals surface area contributed by atoms with Crippen LogP contribution in [0.1, 0.15) is 76.6 Å². The van der Waals surface area contributed by atoms with Gasteiger partial charge in [0.1, 0.15) is 6.17 Å². The minimum absolute atomic E-state index is 0.144. The predicted molar refractivity (Wildman–Crippen MR) is 165 cm³/mol. The van der Waals surface area contributed by atoms with Crippen molar-refractivity contribution in [3.63, 3.8) is 0 Å². The van der Waals surface area contributed by atoms with Gasteiger partial charge in [-0.3, -0.25) is 14.9 Å². The van der Waals surface area contributed by atoms with Crippen molar-refractivity contribution >= 4 is 28.3 Å². The summed E-state index contributed by atoms with van der Waals surface area (Å²) in [5, 5.41) is 4.89. The first kappa shape index (κ1) is 29.7. The van der Waals surface area contributed by atoms with Gasteiger partial charge >= 0.3 is 0 Å². The number of carbonyl (C=O) groups is 2. The molecular weight excluding hydrogens is 601 g/mol. The number of fused-ring (bicyclic) bond motifs is 2. The molecule has 0 aliphatic carbocycles. The van der Waals surface area contributed by atoms with E-state index in [0.717, 1.165) is 37.3 Å². The van der Waals surface area contributed by atoms with E-state index in [4.69, 9.17) is 0 Å². The van der Waals surface area contributed by atoms with E-state index in [1.807, 2.05) is 23.6 Å². The Hall–Kier alpha value is -4.03.